The maximum atomic E-state index is 9.10. The molecule has 2 nitrogen and oxygen atoms in total. The molecule has 1 aliphatic carbocycles. The number of nitrogens with zero attached hydrogens (tertiary/aromatic N) is 2. The summed E-state index contributed by atoms with van der Waals surface area (Å²) < 4.78 is 0. The largest absolute Gasteiger partial charge is 0.283 e. The summed E-state index contributed by atoms with van der Waals surface area (Å²) in [5, 5.41) is 11.7. The van der Waals surface area contributed by atoms with Crippen molar-refractivity contribution in [2.75, 3.05) is 6.54 Å². The van der Waals surface area contributed by atoms with E-state index in [0.29, 0.717) is 12.6 Å². The molecule has 20 heavy (non-hydrogen) atoms. The van der Waals surface area contributed by atoms with Crippen LogP contribution in [0, 0.1) is 11.3 Å². The molecule has 0 atom stereocenters. The second-order valence-corrected chi connectivity index (χ2v) is 5.64. The smallest absolute Gasteiger partial charge is 0.0871 e. The third-order valence-electron chi connectivity index (χ3n) is 4.37. The van der Waals surface area contributed by atoms with Gasteiger partial charge >= 0.3 is 0 Å². The molecule has 0 bridgehead atoms. The molecule has 3 rings (SSSR count). The lowest BCUT2D eigenvalue weighted by Gasteiger charge is -2.26. The van der Waals surface area contributed by atoms with Crippen LogP contribution in [-0.4, -0.2) is 17.5 Å². The van der Waals surface area contributed by atoms with Crippen molar-refractivity contribution < 1.29 is 0 Å². The van der Waals surface area contributed by atoms with Gasteiger partial charge in [0.15, 0.2) is 0 Å². The monoisotopic (exact) mass is 264 g/mol. The number of rotatable bonds is 4. The van der Waals surface area contributed by atoms with Crippen LogP contribution in [-0.2, 0) is 6.54 Å². The molecule has 0 aliphatic heterocycles. The first-order valence-electron chi connectivity index (χ1n) is 7.46. The van der Waals surface area contributed by atoms with Crippen molar-refractivity contribution in [2.24, 2.45) is 0 Å². The van der Waals surface area contributed by atoms with Gasteiger partial charge in [-0.25, -0.2) is 0 Å². The van der Waals surface area contributed by atoms with Gasteiger partial charge in [0.25, 0.3) is 0 Å². The molecule has 0 radical (unpaired) electrons. The van der Waals surface area contributed by atoms with E-state index in [-0.39, 0.29) is 0 Å². The Morgan fingerprint density at radius 2 is 1.80 bits per heavy atom. The molecule has 1 saturated carbocycles. The second kappa shape index (κ2) is 6.07. The van der Waals surface area contributed by atoms with Crippen LogP contribution in [0.15, 0.2) is 42.5 Å². The standard InChI is InChI=1S/C18H20N2/c19-12-13-20(17-9-2-3-10-17)14-16-8-5-7-15-6-1-4-11-18(15)16/h1,4-8,11,17H,2-3,9-10,13-14H2. The topological polar surface area (TPSA) is 27.0 Å². The Hall–Kier alpha value is -1.85. The van der Waals surface area contributed by atoms with Gasteiger partial charge in [0.05, 0.1) is 12.6 Å². The SMILES string of the molecule is N#CCN(Cc1cccc2ccccc12)C1CCCC1. The highest BCUT2D eigenvalue weighted by atomic mass is 15.2. The van der Waals surface area contributed by atoms with E-state index in [0.717, 1.165) is 6.54 Å². The first-order chi connectivity index (χ1) is 9.88. The summed E-state index contributed by atoms with van der Waals surface area (Å²) in [6.45, 7) is 1.42. The molecule has 1 aliphatic rings. The lowest BCUT2D eigenvalue weighted by molar-refractivity contribution is 0.215. The minimum absolute atomic E-state index is 0.536. The van der Waals surface area contributed by atoms with Crippen LogP contribution in [0.4, 0.5) is 0 Å². The summed E-state index contributed by atoms with van der Waals surface area (Å²) in [5.74, 6) is 0. The number of fused-ring (bicyclic) bond motifs is 1. The van der Waals surface area contributed by atoms with Crippen LogP contribution >= 0.6 is 0 Å². The predicted molar refractivity (Wildman–Crippen MR) is 82.2 cm³/mol. The van der Waals surface area contributed by atoms with Crippen molar-refractivity contribution in [1.82, 2.24) is 4.90 Å². The summed E-state index contributed by atoms with van der Waals surface area (Å²) in [6.07, 6.45) is 5.10. The quantitative estimate of drug-likeness (QED) is 0.777. The van der Waals surface area contributed by atoms with Crippen molar-refractivity contribution in [3.8, 4) is 6.07 Å². The summed E-state index contributed by atoms with van der Waals surface area (Å²) in [4.78, 5) is 2.36. The first-order valence-corrected chi connectivity index (χ1v) is 7.46. The van der Waals surface area contributed by atoms with Crippen LogP contribution in [0.5, 0.6) is 0 Å². The van der Waals surface area contributed by atoms with E-state index in [1.807, 2.05) is 0 Å². The number of hydrogen-bond acceptors (Lipinski definition) is 2. The average Bonchev–Trinajstić information content (AvgIpc) is 3.01. The Morgan fingerprint density at radius 3 is 2.60 bits per heavy atom. The molecule has 1 fully saturated rings. The van der Waals surface area contributed by atoms with E-state index < -0.39 is 0 Å². The summed E-state index contributed by atoms with van der Waals surface area (Å²) in [5.41, 5.74) is 1.34. The van der Waals surface area contributed by atoms with Crippen LogP contribution in [0.25, 0.3) is 10.8 Å². The van der Waals surface area contributed by atoms with Crippen molar-refractivity contribution in [2.45, 2.75) is 38.3 Å². The lowest BCUT2D eigenvalue weighted by atomic mass is 10.0. The van der Waals surface area contributed by atoms with E-state index in [4.69, 9.17) is 5.26 Å². The predicted octanol–water partition coefficient (Wildman–Crippen LogP) is 4.11. The minimum atomic E-state index is 0.536. The lowest BCUT2D eigenvalue weighted by Crippen LogP contribution is -2.33. The highest BCUT2D eigenvalue weighted by Gasteiger charge is 2.22. The van der Waals surface area contributed by atoms with Gasteiger partial charge in [-0.3, -0.25) is 4.90 Å². The van der Waals surface area contributed by atoms with Gasteiger partial charge in [0.1, 0.15) is 0 Å². The molecule has 0 saturated heterocycles. The second-order valence-electron chi connectivity index (χ2n) is 5.64. The van der Waals surface area contributed by atoms with Gasteiger partial charge in [-0.05, 0) is 29.2 Å². The van der Waals surface area contributed by atoms with Crippen LogP contribution in [0.2, 0.25) is 0 Å². The van der Waals surface area contributed by atoms with E-state index in [9.17, 15) is 0 Å². The van der Waals surface area contributed by atoms with Crippen molar-refractivity contribution in [1.29, 1.82) is 5.26 Å². The maximum Gasteiger partial charge on any atom is 0.0871 e. The Kier molecular flexibility index (Phi) is 3.99. The molecule has 2 heteroatoms. The van der Waals surface area contributed by atoms with Crippen molar-refractivity contribution >= 4 is 10.8 Å². The zero-order valence-electron chi connectivity index (χ0n) is 11.8. The fourth-order valence-corrected chi connectivity index (χ4v) is 3.32. The molecule has 2 aromatic carbocycles. The fraction of sp³-hybridized carbons (Fsp3) is 0.389. The average molecular weight is 264 g/mol. The van der Waals surface area contributed by atoms with Gasteiger partial charge in [0, 0.05) is 12.6 Å². The molecule has 102 valence electrons. The van der Waals surface area contributed by atoms with E-state index >= 15 is 0 Å². The Balaban J connectivity index is 1.88. The van der Waals surface area contributed by atoms with Crippen molar-refractivity contribution in [3.05, 3.63) is 48.0 Å². The fourth-order valence-electron chi connectivity index (χ4n) is 3.32. The number of benzene rings is 2. The third kappa shape index (κ3) is 2.69. The Labute approximate surface area is 120 Å². The molecule has 0 N–H and O–H groups in total. The number of nitriles is 1. The summed E-state index contributed by atoms with van der Waals surface area (Å²) in [6, 6.07) is 17.9. The molecule has 2 aromatic rings. The third-order valence-corrected chi connectivity index (χ3v) is 4.37. The van der Waals surface area contributed by atoms with Gasteiger partial charge < -0.3 is 0 Å². The molecule has 0 unspecified atom stereocenters. The van der Waals surface area contributed by atoms with E-state index in [1.54, 1.807) is 0 Å². The zero-order valence-corrected chi connectivity index (χ0v) is 11.8. The molecular weight excluding hydrogens is 244 g/mol. The van der Waals surface area contributed by atoms with E-state index in [1.165, 1.54) is 42.0 Å². The van der Waals surface area contributed by atoms with Gasteiger partial charge in [-0.2, -0.15) is 5.26 Å². The van der Waals surface area contributed by atoms with Crippen molar-refractivity contribution in [3.63, 3.8) is 0 Å². The normalized spacial score (nSPS) is 15.8. The first kappa shape index (κ1) is 13.1. The maximum absolute atomic E-state index is 9.10. The zero-order chi connectivity index (χ0) is 13.8. The van der Waals surface area contributed by atoms with Gasteiger partial charge in [0.2, 0.25) is 0 Å². The highest BCUT2D eigenvalue weighted by molar-refractivity contribution is 5.85. The number of hydrogen-bond donors (Lipinski definition) is 0. The summed E-state index contributed by atoms with van der Waals surface area (Å²) >= 11 is 0. The van der Waals surface area contributed by atoms with Crippen LogP contribution in [0.1, 0.15) is 31.2 Å². The molecule has 0 aromatic heterocycles. The molecular formula is C18H20N2. The van der Waals surface area contributed by atoms with E-state index in [2.05, 4.69) is 53.4 Å². The Morgan fingerprint density at radius 1 is 1.05 bits per heavy atom. The summed E-state index contributed by atoms with van der Waals surface area (Å²) in [7, 11) is 0. The molecule has 0 heterocycles. The van der Waals surface area contributed by atoms with Gasteiger partial charge in [-0.1, -0.05) is 55.3 Å². The van der Waals surface area contributed by atoms with Crippen LogP contribution < -0.4 is 0 Å². The Bertz CT molecular complexity index is 615. The molecule has 0 spiro atoms. The van der Waals surface area contributed by atoms with Crippen LogP contribution in [0.3, 0.4) is 0 Å². The highest BCUT2D eigenvalue weighted by Crippen LogP contribution is 2.26. The minimum Gasteiger partial charge on any atom is -0.283 e. The molecule has 0 amide bonds. The van der Waals surface area contributed by atoms with Gasteiger partial charge in [-0.15, -0.1) is 0 Å².